The van der Waals surface area contributed by atoms with Crippen molar-refractivity contribution < 1.29 is 19.0 Å². The molecular formula is C16H21NO4. The van der Waals surface area contributed by atoms with Crippen molar-refractivity contribution >= 4 is 5.91 Å². The van der Waals surface area contributed by atoms with Crippen LogP contribution < -0.4 is 9.47 Å². The molecule has 0 saturated carbocycles. The first kappa shape index (κ1) is 14.2. The summed E-state index contributed by atoms with van der Waals surface area (Å²) in [6, 6.07) is 7.52. The smallest absolute Gasteiger partial charge is 0.254 e. The van der Waals surface area contributed by atoms with E-state index in [9.17, 15) is 4.79 Å². The molecule has 2 heterocycles. The zero-order chi connectivity index (χ0) is 14.9. The van der Waals surface area contributed by atoms with E-state index in [1.807, 2.05) is 36.1 Å². The molecule has 1 atom stereocenters. The Morgan fingerprint density at radius 2 is 2.14 bits per heavy atom. The van der Waals surface area contributed by atoms with Gasteiger partial charge in [-0.15, -0.1) is 0 Å². The van der Waals surface area contributed by atoms with Crippen LogP contribution in [0.2, 0.25) is 0 Å². The summed E-state index contributed by atoms with van der Waals surface area (Å²) in [5.74, 6) is 1.63. The molecule has 0 radical (unpaired) electrons. The highest BCUT2D eigenvalue weighted by molar-refractivity contribution is 5.85. The van der Waals surface area contributed by atoms with E-state index in [0.717, 1.165) is 24.3 Å². The quantitative estimate of drug-likeness (QED) is 0.849. The van der Waals surface area contributed by atoms with E-state index in [0.29, 0.717) is 19.7 Å². The maximum atomic E-state index is 12.4. The summed E-state index contributed by atoms with van der Waals surface area (Å²) in [7, 11) is 1.63. The Morgan fingerprint density at radius 3 is 2.81 bits per heavy atom. The minimum Gasteiger partial charge on any atom is -0.497 e. The minimum absolute atomic E-state index is 0.0473. The van der Waals surface area contributed by atoms with Crippen LogP contribution in [-0.4, -0.2) is 49.3 Å². The maximum absolute atomic E-state index is 12.4. The molecule has 0 N–H and O–H groups in total. The Hall–Kier alpha value is -1.75. The highest BCUT2D eigenvalue weighted by Gasteiger charge is 2.45. The van der Waals surface area contributed by atoms with E-state index < -0.39 is 5.60 Å². The van der Waals surface area contributed by atoms with Gasteiger partial charge < -0.3 is 19.1 Å². The molecule has 0 aliphatic carbocycles. The first-order valence-corrected chi connectivity index (χ1v) is 7.35. The lowest BCUT2D eigenvalue weighted by molar-refractivity contribution is -0.159. The molecule has 0 spiro atoms. The molecule has 5 nitrogen and oxygen atoms in total. The molecule has 114 valence electrons. The Morgan fingerprint density at radius 1 is 1.38 bits per heavy atom. The number of likely N-dealkylation sites (tertiary alicyclic amines) is 1. The number of amides is 1. The van der Waals surface area contributed by atoms with E-state index in [4.69, 9.17) is 14.2 Å². The van der Waals surface area contributed by atoms with Crippen LogP contribution in [-0.2, 0) is 9.53 Å². The van der Waals surface area contributed by atoms with E-state index in [-0.39, 0.29) is 12.0 Å². The van der Waals surface area contributed by atoms with Gasteiger partial charge in [0.25, 0.3) is 5.91 Å². The van der Waals surface area contributed by atoms with Crippen molar-refractivity contribution in [2.24, 2.45) is 0 Å². The molecule has 1 aromatic carbocycles. The summed E-state index contributed by atoms with van der Waals surface area (Å²) in [4.78, 5) is 14.2. The molecule has 1 aromatic rings. The second-order valence-corrected chi connectivity index (χ2v) is 5.81. The number of carbonyl (C=O) groups is 1. The molecule has 0 bridgehead atoms. The molecule has 3 rings (SSSR count). The summed E-state index contributed by atoms with van der Waals surface area (Å²) in [6.07, 6.45) is 1.81. The number of rotatable bonds is 4. The maximum Gasteiger partial charge on any atom is 0.254 e. The lowest BCUT2D eigenvalue weighted by Crippen LogP contribution is -2.61. The number of nitrogens with zero attached hydrogens (tertiary/aromatic N) is 1. The third-order valence-corrected chi connectivity index (χ3v) is 4.15. The van der Waals surface area contributed by atoms with Gasteiger partial charge in [-0.1, -0.05) is 6.07 Å². The van der Waals surface area contributed by atoms with Gasteiger partial charge in [0.05, 0.1) is 20.2 Å². The van der Waals surface area contributed by atoms with Crippen molar-refractivity contribution in [1.82, 2.24) is 4.90 Å². The first-order chi connectivity index (χ1) is 10.1. The van der Waals surface area contributed by atoms with Gasteiger partial charge in [-0.3, -0.25) is 4.79 Å². The normalized spacial score (nSPS) is 25.5. The standard InChI is InChI=1S/C16H21NO4/c1-16(7-4-8-20-16)15(18)17-10-14(11-17)21-13-6-3-5-12(9-13)19-2/h3,5-6,9,14H,4,7-8,10-11H2,1-2H3/t16-/m0/s1. The van der Waals surface area contributed by atoms with Gasteiger partial charge in [-0.25, -0.2) is 0 Å². The monoisotopic (exact) mass is 291 g/mol. The molecule has 2 aliphatic rings. The largest absolute Gasteiger partial charge is 0.497 e. The third-order valence-electron chi connectivity index (χ3n) is 4.15. The van der Waals surface area contributed by atoms with Crippen LogP contribution in [0.1, 0.15) is 19.8 Å². The van der Waals surface area contributed by atoms with Gasteiger partial charge in [-0.2, -0.15) is 0 Å². The first-order valence-electron chi connectivity index (χ1n) is 7.35. The van der Waals surface area contributed by atoms with Gasteiger partial charge in [0.1, 0.15) is 23.2 Å². The number of ether oxygens (including phenoxy) is 3. The van der Waals surface area contributed by atoms with Gasteiger partial charge in [0.2, 0.25) is 0 Å². The zero-order valence-corrected chi connectivity index (χ0v) is 12.5. The van der Waals surface area contributed by atoms with Crippen molar-refractivity contribution in [2.75, 3.05) is 26.8 Å². The average molecular weight is 291 g/mol. The Labute approximate surface area is 124 Å². The number of hydrogen-bond donors (Lipinski definition) is 0. The number of carbonyl (C=O) groups excluding carboxylic acids is 1. The van der Waals surface area contributed by atoms with Gasteiger partial charge >= 0.3 is 0 Å². The molecule has 2 saturated heterocycles. The summed E-state index contributed by atoms with van der Waals surface area (Å²) in [5, 5.41) is 0. The van der Waals surface area contributed by atoms with E-state index in [2.05, 4.69) is 0 Å². The Kier molecular flexibility index (Phi) is 3.76. The van der Waals surface area contributed by atoms with Crippen molar-refractivity contribution in [3.8, 4) is 11.5 Å². The van der Waals surface area contributed by atoms with E-state index in [1.165, 1.54) is 0 Å². The van der Waals surface area contributed by atoms with Gasteiger partial charge in [0.15, 0.2) is 0 Å². The van der Waals surface area contributed by atoms with Crippen LogP contribution in [0.4, 0.5) is 0 Å². The highest BCUT2D eigenvalue weighted by atomic mass is 16.5. The van der Waals surface area contributed by atoms with Crippen molar-refractivity contribution in [3.63, 3.8) is 0 Å². The molecule has 21 heavy (non-hydrogen) atoms. The summed E-state index contributed by atoms with van der Waals surface area (Å²) in [6.45, 7) is 3.81. The predicted octanol–water partition coefficient (Wildman–Crippen LogP) is 1.85. The van der Waals surface area contributed by atoms with Crippen LogP contribution in [0.3, 0.4) is 0 Å². The molecular weight excluding hydrogens is 270 g/mol. The lowest BCUT2D eigenvalue weighted by Gasteiger charge is -2.42. The Bertz CT molecular complexity index is 519. The second-order valence-electron chi connectivity index (χ2n) is 5.81. The number of benzene rings is 1. The average Bonchev–Trinajstić information content (AvgIpc) is 2.90. The third kappa shape index (κ3) is 2.83. The number of hydrogen-bond acceptors (Lipinski definition) is 4. The van der Waals surface area contributed by atoms with Gasteiger partial charge in [0, 0.05) is 12.7 Å². The molecule has 2 fully saturated rings. The van der Waals surface area contributed by atoms with Crippen LogP contribution in [0, 0.1) is 0 Å². The second kappa shape index (κ2) is 5.56. The van der Waals surface area contributed by atoms with E-state index >= 15 is 0 Å². The molecule has 0 unspecified atom stereocenters. The molecule has 0 aromatic heterocycles. The van der Waals surface area contributed by atoms with Crippen LogP contribution in [0.15, 0.2) is 24.3 Å². The topological polar surface area (TPSA) is 48.0 Å². The van der Waals surface area contributed by atoms with Crippen molar-refractivity contribution in [2.45, 2.75) is 31.5 Å². The molecule has 2 aliphatic heterocycles. The fraction of sp³-hybridized carbons (Fsp3) is 0.562. The highest BCUT2D eigenvalue weighted by Crippen LogP contribution is 2.30. The minimum atomic E-state index is -0.624. The SMILES string of the molecule is COc1cccc(OC2CN(C(=O)[C@]3(C)CCCO3)C2)c1. The lowest BCUT2D eigenvalue weighted by atomic mass is 9.98. The summed E-state index contributed by atoms with van der Waals surface area (Å²) in [5.41, 5.74) is -0.624. The molecule has 1 amide bonds. The van der Waals surface area contributed by atoms with Crippen LogP contribution in [0.5, 0.6) is 11.5 Å². The Balaban J connectivity index is 1.52. The van der Waals surface area contributed by atoms with Crippen LogP contribution in [0.25, 0.3) is 0 Å². The summed E-state index contributed by atoms with van der Waals surface area (Å²) < 4.78 is 16.6. The summed E-state index contributed by atoms with van der Waals surface area (Å²) >= 11 is 0. The number of methoxy groups -OCH3 is 1. The fourth-order valence-corrected chi connectivity index (χ4v) is 2.83. The van der Waals surface area contributed by atoms with Gasteiger partial charge in [-0.05, 0) is 31.9 Å². The van der Waals surface area contributed by atoms with E-state index in [1.54, 1.807) is 7.11 Å². The van der Waals surface area contributed by atoms with Crippen molar-refractivity contribution in [3.05, 3.63) is 24.3 Å². The van der Waals surface area contributed by atoms with Crippen molar-refractivity contribution in [1.29, 1.82) is 0 Å². The predicted molar refractivity (Wildman–Crippen MR) is 77.6 cm³/mol. The van der Waals surface area contributed by atoms with Crippen LogP contribution >= 0.6 is 0 Å². The molecule has 5 heteroatoms. The zero-order valence-electron chi connectivity index (χ0n) is 12.5. The fourth-order valence-electron chi connectivity index (χ4n) is 2.83.